The van der Waals surface area contributed by atoms with Crippen molar-refractivity contribution in [1.29, 1.82) is 0 Å². The van der Waals surface area contributed by atoms with Crippen LogP contribution in [0.2, 0.25) is 0 Å². The number of nitro groups is 1. The minimum absolute atomic E-state index is 0.115. The van der Waals surface area contributed by atoms with Crippen molar-refractivity contribution in [2.24, 2.45) is 0 Å². The van der Waals surface area contributed by atoms with Gasteiger partial charge in [0.05, 0.1) is 11.5 Å². The van der Waals surface area contributed by atoms with Gasteiger partial charge in [0.25, 0.3) is 11.6 Å². The summed E-state index contributed by atoms with van der Waals surface area (Å²) >= 11 is 0. The molecule has 0 bridgehead atoms. The van der Waals surface area contributed by atoms with Crippen molar-refractivity contribution in [3.63, 3.8) is 0 Å². The lowest BCUT2D eigenvalue weighted by molar-refractivity contribution is -0.384. The summed E-state index contributed by atoms with van der Waals surface area (Å²) in [6.07, 6.45) is -1.11. The molecule has 0 aromatic heterocycles. The summed E-state index contributed by atoms with van der Waals surface area (Å²) in [6.45, 7) is 1.15. The van der Waals surface area contributed by atoms with E-state index in [2.05, 4.69) is 5.32 Å². The average molecular weight is 461 g/mol. The maximum atomic E-state index is 13.0. The van der Waals surface area contributed by atoms with E-state index in [1.54, 1.807) is 12.1 Å². The zero-order valence-corrected chi connectivity index (χ0v) is 18.4. The summed E-state index contributed by atoms with van der Waals surface area (Å²) in [7, 11) is 0. The summed E-state index contributed by atoms with van der Waals surface area (Å²) < 4.78 is 5.63. The molecule has 9 heteroatoms. The van der Waals surface area contributed by atoms with Gasteiger partial charge in [0.2, 0.25) is 0 Å². The first kappa shape index (κ1) is 22.9. The third-order valence-electron chi connectivity index (χ3n) is 5.73. The Hall–Kier alpha value is -4.24. The Morgan fingerprint density at radius 2 is 1.62 bits per heavy atom. The first-order valence-electron chi connectivity index (χ1n) is 10.6. The predicted octanol–water partition coefficient (Wildman–Crippen LogP) is 3.47. The summed E-state index contributed by atoms with van der Waals surface area (Å²) in [5.41, 5.74) is 0.996. The van der Waals surface area contributed by atoms with Gasteiger partial charge >= 0.3 is 6.03 Å². The molecule has 3 aromatic carbocycles. The van der Waals surface area contributed by atoms with Gasteiger partial charge in [-0.3, -0.25) is 19.8 Å². The Balaban J connectivity index is 1.36. The summed E-state index contributed by atoms with van der Waals surface area (Å²) in [5.74, 6) is -0.00994. The van der Waals surface area contributed by atoms with Gasteiger partial charge in [-0.1, -0.05) is 42.5 Å². The molecule has 1 fully saturated rings. The molecule has 3 aromatic rings. The molecule has 3 amide bonds. The van der Waals surface area contributed by atoms with Crippen LogP contribution in [0.1, 0.15) is 12.5 Å². The number of rotatable bonds is 8. The van der Waals surface area contributed by atoms with Crippen molar-refractivity contribution >= 4 is 17.6 Å². The number of amides is 3. The quantitative estimate of drug-likeness (QED) is 0.301. The van der Waals surface area contributed by atoms with Gasteiger partial charge in [-0.05, 0) is 47.9 Å². The molecule has 0 radical (unpaired) electrons. The van der Waals surface area contributed by atoms with Crippen LogP contribution < -0.4 is 10.1 Å². The van der Waals surface area contributed by atoms with Gasteiger partial charge in [0, 0.05) is 12.1 Å². The average Bonchev–Trinajstić information content (AvgIpc) is 3.07. The molecular formula is C25H23N3O6. The zero-order chi connectivity index (χ0) is 24.3. The predicted molar refractivity (Wildman–Crippen MR) is 124 cm³/mol. The number of urea groups is 1. The number of non-ortho nitro benzene ring substituents is 1. The Morgan fingerprint density at radius 3 is 2.24 bits per heavy atom. The monoisotopic (exact) mass is 461 g/mol. The van der Waals surface area contributed by atoms with Gasteiger partial charge < -0.3 is 15.2 Å². The van der Waals surface area contributed by atoms with Crippen LogP contribution >= 0.6 is 0 Å². The van der Waals surface area contributed by atoms with E-state index in [1.165, 1.54) is 31.2 Å². The fraction of sp³-hybridized carbons (Fsp3) is 0.200. The Bertz CT molecular complexity index is 1200. The normalized spacial score (nSPS) is 18.5. The first-order chi connectivity index (χ1) is 16.3. The van der Waals surface area contributed by atoms with Gasteiger partial charge in [-0.15, -0.1) is 0 Å². The Labute approximate surface area is 195 Å². The van der Waals surface area contributed by atoms with Crippen molar-refractivity contribution in [2.75, 3.05) is 13.2 Å². The maximum absolute atomic E-state index is 13.0. The van der Waals surface area contributed by atoms with Crippen LogP contribution in [0.25, 0.3) is 11.1 Å². The van der Waals surface area contributed by atoms with Crippen molar-refractivity contribution in [2.45, 2.75) is 18.6 Å². The van der Waals surface area contributed by atoms with Crippen molar-refractivity contribution < 1.29 is 24.4 Å². The smallest absolute Gasteiger partial charge is 0.325 e. The second kappa shape index (κ2) is 9.32. The van der Waals surface area contributed by atoms with Gasteiger partial charge in [0.15, 0.2) is 0 Å². The number of carbonyl (C=O) groups excluding carboxylic acids is 2. The number of benzene rings is 3. The van der Waals surface area contributed by atoms with Crippen molar-refractivity contribution in [3.8, 4) is 16.9 Å². The van der Waals surface area contributed by atoms with Crippen LogP contribution in [0.3, 0.4) is 0 Å². The number of nitro benzene ring substituents is 1. The summed E-state index contributed by atoms with van der Waals surface area (Å²) in [4.78, 5) is 36.7. The van der Waals surface area contributed by atoms with E-state index in [0.29, 0.717) is 11.3 Å². The highest BCUT2D eigenvalue weighted by Gasteiger charge is 2.49. The first-order valence-corrected chi connectivity index (χ1v) is 10.6. The molecule has 2 N–H and O–H groups in total. The van der Waals surface area contributed by atoms with Gasteiger partial charge in [-0.2, -0.15) is 0 Å². The Kier molecular flexibility index (Phi) is 6.29. The minimum Gasteiger partial charge on any atom is -0.491 e. The van der Waals surface area contributed by atoms with Crippen LogP contribution in [0.4, 0.5) is 10.5 Å². The summed E-state index contributed by atoms with van der Waals surface area (Å²) in [6, 6.07) is 22.0. The molecule has 0 spiro atoms. The number of nitrogens with one attached hydrogen (secondary N) is 1. The van der Waals surface area contributed by atoms with Crippen LogP contribution in [0.15, 0.2) is 78.9 Å². The molecule has 1 heterocycles. The number of aliphatic hydroxyl groups is 1. The second-order valence-electron chi connectivity index (χ2n) is 8.13. The fourth-order valence-electron chi connectivity index (χ4n) is 3.80. The molecule has 0 unspecified atom stereocenters. The molecule has 1 aliphatic rings. The van der Waals surface area contributed by atoms with Crippen LogP contribution in [0, 0.1) is 10.1 Å². The number of β-amino-alcohol motifs (C(OH)–C–C–N with tert-alkyl or cyclic N) is 1. The molecule has 1 saturated heterocycles. The van der Waals surface area contributed by atoms with E-state index in [9.17, 15) is 24.8 Å². The largest absolute Gasteiger partial charge is 0.491 e. The molecular weight excluding hydrogens is 438 g/mol. The highest BCUT2D eigenvalue weighted by molar-refractivity contribution is 6.07. The van der Waals surface area contributed by atoms with Crippen molar-refractivity contribution in [3.05, 3.63) is 94.5 Å². The highest BCUT2D eigenvalue weighted by Crippen LogP contribution is 2.30. The lowest BCUT2D eigenvalue weighted by atomic mass is 9.92. The van der Waals surface area contributed by atoms with Crippen LogP contribution in [-0.2, 0) is 10.3 Å². The van der Waals surface area contributed by atoms with E-state index in [0.717, 1.165) is 16.0 Å². The number of imide groups is 1. The topological polar surface area (TPSA) is 122 Å². The minimum atomic E-state index is -1.39. The lowest BCUT2D eigenvalue weighted by Gasteiger charge is -2.23. The SMILES string of the molecule is C[C@@]1(c2ccc([N+](=O)[O-])cc2)NC(=O)N(C[C@H](O)COc2ccc(-c3ccccc3)cc2)C1=O. The highest BCUT2D eigenvalue weighted by atomic mass is 16.6. The maximum Gasteiger partial charge on any atom is 0.325 e. The van der Waals surface area contributed by atoms with E-state index in [4.69, 9.17) is 4.74 Å². The molecule has 174 valence electrons. The third kappa shape index (κ3) is 4.60. The van der Waals surface area contributed by atoms with Crippen molar-refractivity contribution in [1.82, 2.24) is 10.2 Å². The second-order valence-corrected chi connectivity index (χ2v) is 8.13. The third-order valence-corrected chi connectivity index (χ3v) is 5.73. The number of ether oxygens (including phenoxy) is 1. The lowest BCUT2D eigenvalue weighted by Crippen LogP contribution is -2.42. The summed E-state index contributed by atoms with van der Waals surface area (Å²) in [5, 5.41) is 23.9. The molecule has 4 rings (SSSR count). The standard InChI is InChI=1S/C25H23N3O6/c1-25(19-9-11-20(12-10-19)28(32)33)23(30)27(24(31)26-25)15-21(29)16-34-22-13-7-18(8-14-22)17-5-3-2-4-6-17/h2-14,21,29H,15-16H2,1H3,(H,26,31)/t21-,25-/m0/s1. The molecule has 0 aliphatic carbocycles. The van der Waals surface area contributed by atoms with Crippen LogP contribution in [0.5, 0.6) is 5.75 Å². The van der Waals surface area contributed by atoms with Gasteiger partial charge in [-0.25, -0.2) is 4.79 Å². The number of carbonyl (C=O) groups is 2. The fourth-order valence-corrected chi connectivity index (χ4v) is 3.80. The molecule has 9 nitrogen and oxygen atoms in total. The van der Waals surface area contributed by atoms with Gasteiger partial charge in [0.1, 0.15) is 24.0 Å². The van der Waals surface area contributed by atoms with E-state index < -0.39 is 28.5 Å². The number of nitrogens with zero attached hydrogens (tertiary/aromatic N) is 2. The molecule has 2 atom stereocenters. The number of hydrogen-bond donors (Lipinski definition) is 2. The van der Waals surface area contributed by atoms with Crippen LogP contribution in [-0.4, -0.2) is 46.1 Å². The van der Waals surface area contributed by atoms with E-state index in [-0.39, 0.29) is 18.8 Å². The molecule has 34 heavy (non-hydrogen) atoms. The zero-order valence-electron chi connectivity index (χ0n) is 18.4. The molecule has 0 saturated carbocycles. The Morgan fingerprint density at radius 1 is 1.00 bits per heavy atom. The number of hydrogen-bond acceptors (Lipinski definition) is 6. The van der Waals surface area contributed by atoms with E-state index in [1.807, 2.05) is 42.5 Å². The molecule has 1 aliphatic heterocycles. The van der Waals surface area contributed by atoms with E-state index >= 15 is 0 Å². The number of aliphatic hydroxyl groups excluding tert-OH is 1.